The van der Waals surface area contributed by atoms with Gasteiger partial charge in [-0.1, -0.05) is 12.1 Å². The van der Waals surface area contributed by atoms with E-state index >= 15 is 0 Å². The van der Waals surface area contributed by atoms with Gasteiger partial charge in [-0.3, -0.25) is 0 Å². The van der Waals surface area contributed by atoms with E-state index in [9.17, 15) is 4.79 Å². The van der Waals surface area contributed by atoms with Gasteiger partial charge in [-0.25, -0.2) is 4.79 Å². The van der Waals surface area contributed by atoms with E-state index in [4.69, 9.17) is 0 Å². The van der Waals surface area contributed by atoms with Crippen molar-refractivity contribution in [2.75, 3.05) is 6.54 Å². The molecule has 0 bridgehead atoms. The van der Waals surface area contributed by atoms with Gasteiger partial charge in [0.15, 0.2) is 0 Å². The first kappa shape index (κ1) is 15.3. The second-order valence-corrected chi connectivity index (χ2v) is 7.83. The number of hydrogen-bond acceptors (Lipinski definition) is 4. The number of urea groups is 1. The Morgan fingerprint density at radius 1 is 0.909 bits per heavy atom. The number of carbonyl (C=O) groups excluding carboxylic acids is 1. The number of rotatable bonds is 6. The fourth-order valence-electron chi connectivity index (χ4n) is 2.01. The van der Waals surface area contributed by atoms with Crippen LogP contribution in [-0.2, 0) is 13.0 Å². The summed E-state index contributed by atoms with van der Waals surface area (Å²) in [5.41, 5.74) is 0. The van der Waals surface area contributed by atoms with Crippen molar-refractivity contribution in [3.8, 4) is 9.75 Å². The Balaban J connectivity index is 1.40. The molecule has 2 amide bonds. The van der Waals surface area contributed by atoms with Gasteiger partial charge in [-0.2, -0.15) is 0 Å². The Hall–Kier alpha value is -1.63. The highest BCUT2D eigenvalue weighted by atomic mass is 32.1. The minimum atomic E-state index is -0.108. The molecule has 0 fully saturated rings. The smallest absolute Gasteiger partial charge is 0.315 e. The molecule has 22 heavy (non-hydrogen) atoms. The second-order valence-electron chi connectivity index (χ2n) is 4.68. The molecule has 3 rings (SSSR count). The summed E-state index contributed by atoms with van der Waals surface area (Å²) in [6.07, 6.45) is 0.864. The molecule has 3 aromatic rings. The van der Waals surface area contributed by atoms with E-state index in [0.29, 0.717) is 13.1 Å². The van der Waals surface area contributed by atoms with Crippen LogP contribution < -0.4 is 10.6 Å². The molecule has 2 N–H and O–H groups in total. The molecule has 0 aromatic carbocycles. The third-order valence-corrected chi connectivity index (χ3v) is 6.17. The summed E-state index contributed by atoms with van der Waals surface area (Å²) in [5.74, 6) is 0. The summed E-state index contributed by atoms with van der Waals surface area (Å²) < 4.78 is 0. The summed E-state index contributed by atoms with van der Waals surface area (Å²) in [5, 5.41) is 9.87. The van der Waals surface area contributed by atoms with Crippen molar-refractivity contribution in [2.24, 2.45) is 0 Å². The molecule has 3 aromatic heterocycles. The van der Waals surface area contributed by atoms with Crippen LogP contribution in [0.2, 0.25) is 0 Å². The minimum Gasteiger partial charge on any atom is -0.338 e. The van der Waals surface area contributed by atoms with E-state index in [1.165, 1.54) is 14.6 Å². The predicted molar refractivity (Wildman–Crippen MR) is 95.9 cm³/mol. The monoisotopic (exact) mass is 348 g/mol. The first-order chi connectivity index (χ1) is 10.8. The average molecular weight is 349 g/mol. The van der Waals surface area contributed by atoms with Crippen LogP contribution in [0.5, 0.6) is 0 Å². The number of hydrogen-bond donors (Lipinski definition) is 2. The van der Waals surface area contributed by atoms with Gasteiger partial charge in [-0.15, -0.1) is 34.0 Å². The lowest BCUT2D eigenvalue weighted by Crippen LogP contribution is -2.35. The highest BCUT2D eigenvalue weighted by Gasteiger charge is 2.05. The molecule has 0 unspecified atom stereocenters. The molecule has 114 valence electrons. The maximum atomic E-state index is 11.7. The molecule has 0 aliphatic carbocycles. The van der Waals surface area contributed by atoms with E-state index < -0.39 is 0 Å². The Kier molecular flexibility index (Phi) is 5.26. The van der Waals surface area contributed by atoms with Crippen LogP contribution in [0.15, 0.2) is 47.2 Å². The zero-order valence-corrected chi connectivity index (χ0v) is 14.3. The zero-order valence-electron chi connectivity index (χ0n) is 11.9. The maximum absolute atomic E-state index is 11.7. The summed E-state index contributed by atoms with van der Waals surface area (Å²) in [7, 11) is 0. The summed E-state index contributed by atoms with van der Waals surface area (Å²) in [6, 6.07) is 12.4. The summed E-state index contributed by atoms with van der Waals surface area (Å²) in [6.45, 7) is 1.24. The SMILES string of the molecule is O=C(NCCc1ccc(-c2cccs2)s1)NCc1cccs1. The Morgan fingerprint density at radius 2 is 1.77 bits per heavy atom. The molecule has 0 aliphatic heterocycles. The van der Waals surface area contributed by atoms with Crippen LogP contribution in [0.3, 0.4) is 0 Å². The van der Waals surface area contributed by atoms with Gasteiger partial charge in [0.25, 0.3) is 0 Å². The van der Waals surface area contributed by atoms with Gasteiger partial charge in [0.2, 0.25) is 0 Å². The molecule has 0 saturated carbocycles. The molecule has 3 heterocycles. The topological polar surface area (TPSA) is 41.1 Å². The van der Waals surface area contributed by atoms with Crippen LogP contribution in [0.25, 0.3) is 9.75 Å². The van der Waals surface area contributed by atoms with Gasteiger partial charge in [0.1, 0.15) is 0 Å². The lowest BCUT2D eigenvalue weighted by Gasteiger charge is -2.05. The molecule has 6 heteroatoms. The van der Waals surface area contributed by atoms with Crippen molar-refractivity contribution >= 4 is 40.0 Å². The Morgan fingerprint density at radius 3 is 2.55 bits per heavy atom. The normalized spacial score (nSPS) is 10.5. The van der Waals surface area contributed by atoms with Crippen LogP contribution in [0, 0.1) is 0 Å². The standard InChI is InChI=1S/C16H16N2OS3/c19-16(18-11-13-3-1-9-20-13)17-8-7-12-5-6-15(22-12)14-4-2-10-21-14/h1-6,9-10H,7-8,11H2,(H2,17,18,19). The highest BCUT2D eigenvalue weighted by Crippen LogP contribution is 2.31. The van der Waals surface area contributed by atoms with Gasteiger partial charge in [0.05, 0.1) is 6.54 Å². The molecule has 0 atom stereocenters. The van der Waals surface area contributed by atoms with E-state index in [1.807, 2.05) is 17.5 Å². The molecule has 0 radical (unpaired) electrons. The van der Waals surface area contributed by atoms with Crippen LogP contribution >= 0.6 is 34.0 Å². The molecular weight excluding hydrogens is 332 g/mol. The Bertz CT molecular complexity index is 702. The van der Waals surface area contributed by atoms with Crippen molar-refractivity contribution in [1.82, 2.24) is 10.6 Å². The first-order valence-corrected chi connectivity index (χ1v) is 9.55. The number of carbonyl (C=O) groups is 1. The van der Waals surface area contributed by atoms with Crippen LogP contribution in [0.1, 0.15) is 9.75 Å². The molecule has 3 nitrogen and oxygen atoms in total. The van der Waals surface area contributed by atoms with Crippen molar-refractivity contribution in [3.05, 3.63) is 56.9 Å². The van der Waals surface area contributed by atoms with Crippen molar-refractivity contribution in [3.63, 3.8) is 0 Å². The van der Waals surface area contributed by atoms with Gasteiger partial charge < -0.3 is 10.6 Å². The minimum absolute atomic E-state index is 0.108. The molecule has 0 spiro atoms. The summed E-state index contributed by atoms with van der Waals surface area (Å²) in [4.78, 5) is 16.8. The largest absolute Gasteiger partial charge is 0.338 e. The lowest BCUT2D eigenvalue weighted by molar-refractivity contribution is 0.241. The average Bonchev–Trinajstić information content (AvgIpc) is 3.26. The number of nitrogens with one attached hydrogen (secondary N) is 2. The van der Waals surface area contributed by atoms with Crippen LogP contribution in [0.4, 0.5) is 4.79 Å². The maximum Gasteiger partial charge on any atom is 0.315 e. The van der Waals surface area contributed by atoms with Crippen molar-refractivity contribution in [1.29, 1.82) is 0 Å². The number of thiophene rings is 3. The third-order valence-electron chi connectivity index (χ3n) is 3.09. The summed E-state index contributed by atoms with van der Waals surface area (Å²) >= 11 is 5.20. The van der Waals surface area contributed by atoms with Gasteiger partial charge in [-0.05, 0) is 41.4 Å². The van der Waals surface area contributed by atoms with E-state index in [1.54, 1.807) is 34.0 Å². The fraction of sp³-hybridized carbons (Fsp3) is 0.188. The fourth-order valence-corrected chi connectivity index (χ4v) is 4.49. The lowest BCUT2D eigenvalue weighted by atomic mass is 10.3. The third kappa shape index (κ3) is 4.19. The predicted octanol–water partition coefficient (Wildman–Crippen LogP) is 4.58. The second kappa shape index (κ2) is 7.58. The molecule has 0 aliphatic rings. The van der Waals surface area contributed by atoms with Gasteiger partial charge >= 0.3 is 6.03 Å². The number of amides is 2. The van der Waals surface area contributed by atoms with Crippen molar-refractivity contribution < 1.29 is 4.79 Å². The zero-order chi connectivity index (χ0) is 15.2. The highest BCUT2D eigenvalue weighted by molar-refractivity contribution is 7.21. The van der Waals surface area contributed by atoms with Crippen molar-refractivity contribution in [2.45, 2.75) is 13.0 Å². The quantitative estimate of drug-likeness (QED) is 0.672. The van der Waals surface area contributed by atoms with E-state index in [-0.39, 0.29) is 6.03 Å². The van der Waals surface area contributed by atoms with E-state index in [0.717, 1.165) is 11.3 Å². The van der Waals surface area contributed by atoms with Crippen LogP contribution in [-0.4, -0.2) is 12.6 Å². The van der Waals surface area contributed by atoms with E-state index in [2.05, 4.69) is 40.3 Å². The Labute approximate surface area is 141 Å². The molecule has 0 saturated heterocycles. The molecular formula is C16H16N2OS3. The van der Waals surface area contributed by atoms with Gasteiger partial charge in [0, 0.05) is 26.1 Å². The first-order valence-electron chi connectivity index (χ1n) is 6.98.